The second-order valence-corrected chi connectivity index (χ2v) is 6.06. The quantitative estimate of drug-likeness (QED) is 0.831. The van der Waals surface area contributed by atoms with Crippen molar-refractivity contribution >= 4 is 10.0 Å². The average molecular weight is 229 g/mol. The fraction of sp³-hybridized carbons (Fsp3) is 0.667. The number of nitrogens with zero attached hydrogens (tertiary/aromatic N) is 2. The minimum absolute atomic E-state index is 0.240. The number of H-pyrrole nitrogens is 1. The SMILES string of the molecule is CN(CC1CCC1)S(=O)(=O)c1cn[nH]c1. The molecule has 0 saturated heterocycles. The molecule has 0 unspecified atom stereocenters. The predicted octanol–water partition coefficient (Wildman–Crippen LogP) is 0.830. The van der Waals surface area contributed by atoms with Crippen molar-refractivity contribution in [2.45, 2.75) is 24.2 Å². The molecular weight excluding hydrogens is 214 g/mol. The van der Waals surface area contributed by atoms with Crippen LogP contribution in [0.3, 0.4) is 0 Å². The van der Waals surface area contributed by atoms with Crippen LogP contribution in [0.15, 0.2) is 17.3 Å². The first-order valence-corrected chi connectivity index (χ1v) is 6.50. The van der Waals surface area contributed by atoms with E-state index < -0.39 is 10.0 Å². The van der Waals surface area contributed by atoms with Crippen molar-refractivity contribution in [2.24, 2.45) is 5.92 Å². The summed E-state index contributed by atoms with van der Waals surface area (Å²) in [6, 6.07) is 0. The molecule has 1 N–H and O–H groups in total. The Hall–Kier alpha value is -0.880. The standard InChI is InChI=1S/C9H15N3O2S/c1-12(7-8-3-2-4-8)15(13,14)9-5-10-11-6-9/h5-6,8H,2-4,7H2,1H3,(H,10,11). The van der Waals surface area contributed by atoms with Gasteiger partial charge in [-0.1, -0.05) is 6.42 Å². The highest BCUT2D eigenvalue weighted by atomic mass is 32.2. The second-order valence-electron chi connectivity index (χ2n) is 4.02. The van der Waals surface area contributed by atoms with Gasteiger partial charge in [0.05, 0.1) is 6.20 Å². The third-order valence-corrected chi connectivity index (χ3v) is 4.71. The zero-order chi connectivity index (χ0) is 10.9. The molecule has 1 aliphatic carbocycles. The van der Waals surface area contributed by atoms with Crippen molar-refractivity contribution in [3.8, 4) is 0 Å². The van der Waals surface area contributed by atoms with Crippen LogP contribution in [0.4, 0.5) is 0 Å². The summed E-state index contributed by atoms with van der Waals surface area (Å²) in [4.78, 5) is 0.240. The fourth-order valence-corrected chi connectivity index (χ4v) is 2.85. The van der Waals surface area contributed by atoms with Gasteiger partial charge in [-0.3, -0.25) is 5.10 Å². The Bertz CT molecular complexity index is 409. The van der Waals surface area contributed by atoms with Crippen molar-refractivity contribution < 1.29 is 8.42 Å². The van der Waals surface area contributed by atoms with Crippen LogP contribution >= 0.6 is 0 Å². The lowest BCUT2D eigenvalue weighted by Crippen LogP contribution is -2.34. The van der Waals surface area contributed by atoms with Gasteiger partial charge in [-0.25, -0.2) is 12.7 Å². The maximum atomic E-state index is 11.9. The van der Waals surface area contributed by atoms with Gasteiger partial charge in [0.1, 0.15) is 4.90 Å². The Morgan fingerprint density at radius 3 is 2.80 bits per heavy atom. The Labute approximate surface area is 89.5 Å². The van der Waals surface area contributed by atoms with E-state index in [9.17, 15) is 8.42 Å². The molecular formula is C9H15N3O2S. The predicted molar refractivity (Wildman–Crippen MR) is 55.7 cm³/mol. The lowest BCUT2D eigenvalue weighted by atomic mass is 9.86. The van der Waals surface area contributed by atoms with Crippen molar-refractivity contribution in [3.63, 3.8) is 0 Å². The molecule has 1 heterocycles. The van der Waals surface area contributed by atoms with Gasteiger partial charge in [0, 0.05) is 19.8 Å². The van der Waals surface area contributed by atoms with Gasteiger partial charge in [-0.15, -0.1) is 0 Å². The van der Waals surface area contributed by atoms with Crippen LogP contribution in [-0.4, -0.2) is 36.5 Å². The van der Waals surface area contributed by atoms with Crippen molar-refractivity contribution in [2.75, 3.05) is 13.6 Å². The summed E-state index contributed by atoms with van der Waals surface area (Å²) in [5.74, 6) is 0.539. The molecule has 84 valence electrons. The summed E-state index contributed by atoms with van der Waals surface area (Å²) in [7, 11) is -1.70. The highest BCUT2D eigenvalue weighted by Crippen LogP contribution is 2.28. The first kappa shape index (κ1) is 10.6. The molecule has 5 nitrogen and oxygen atoms in total. The molecule has 0 aromatic carbocycles. The smallest absolute Gasteiger partial charge is 0.245 e. The van der Waals surface area contributed by atoms with Gasteiger partial charge in [-0.2, -0.15) is 5.10 Å². The van der Waals surface area contributed by atoms with Gasteiger partial charge in [-0.05, 0) is 18.8 Å². The fourth-order valence-electron chi connectivity index (χ4n) is 1.70. The zero-order valence-corrected chi connectivity index (χ0v) is 9.50. The van der Waals surface area contributed by atoms with E-state index in [1.807, 2.05) is 0 Å². The molecule has 1 saturated carbocycles. The summed E-state index contributed by atoms with van der Waals surface area (Å²) in [5.41, 5.74) is 0. The molecule has 1 fully saturated rings. The molecule has 0 amide bonds. The molecule has 1 aromatic heterocycles. The van der Waals surface area contributed by atoms with Crippen LogP contribution in [0.5, 0.6) is 0 Å². The van der Waals surface area contributed by atoms with Gasteiger partial charge >= 0.3 is 0 Å². The van der Waals surface area contributed by atoms with Crippen molar-refractivity contribution in [1.82, 2.24) is 14.5 Å². The summed E-state index contributed by atoms with van der Waals surface area (Å²) in [6.07, 6.45) is 6.26. The van der Waals surface area contributed by atoms with Crippen molar-refractivity contribution in [1.29, 1.82) is 0 Å². The molecule has 0 bridgehead atoms. The van der Waals surface area contributed by atoms with Gasteiger partial charge in [0.2, 0.25) is 10.0 Å². The molecule has 1 aromatic rings. The van der Waals surface area contributed by atoms with Crippen LogP contribution in [0.1, 0.15) is 19.3 Å². The Balaban J connectivity index is 2.08. The number of aromatic amines is 1. The summed E-state index contributed by atoms with van der Waals surface area (Å²) >= 11 is 0. The lowest BCUT2D eigenvalue weighted by Gasteiger charge is -2.29. The van der Waals surface area contributed by atoms with E-state index in [1.165, 1.54) is 23.1 Å². The molecule has 0 spiro atoms. The number of aromatic nitrogens is 2. The van der Waals surface area contributed by atoms with Crippen LogP contribution in [0, 0.1) is 5.92 Å². The summed E-state index contributed by atoms with van der Waals surface area (Å²) in [6.45, 7) is 0.619. The number of hydrogen-bond donors (Lipinski definition) is 1. The van der Waals surface area contributed by atoms with E-state index in [4.69, 9.17) is 0 Å². The number of hydrogen-bond acceptors (Lipinski definition) is 3. The molecule has 2 rings (SSSR count). The normalized spacial score (nSPS) is 18.0. The molecule has 1 aliphatic rings. The number of sulfonamides is 1. The number of nitrogens with one attached hydrogen (secondary N) is 1. The Morgan fingerprint density at radius 2 is 2.33 bits per heavy atom. The molecule has 15 heavy (non-hydrogen) atoms. The van der Waals surface area contributed by atoms with Crippen LogP contribution in [0.2, 0.25) is 0 Å². The van der Waals surface area contributed by atoms with E-state index in [-0.39, 0.29) is 4.90 Å². The van der Waals surface area contributed by atoms with E-state index in [2.05, 4.69) is 10.2 Å². The second kappa shape index (κ2) is 3.94. The Kier molecular flexibility index (Phi) is 2.79. The maximum absolute atomic E-state index is 11.9. The van der Waals surface area contributed by atoms with E-state index in [0.717, 1.165) is 12.8 Å². The molecule has 0 radical (unpaired) electrons. The minimum Gasteiger partial charge on any atom is -0.284 e. The molecule has 0 aliphatic heterocycles. The molecule has 0 atom stereocenters. The lowest BCUT2D eigenvalue weighted by molar-refractivity contribution is 0.263. The summed E-state index contributed by atoms with van der Waals surface area (Å²) in [5, 5.41) is 6.17. The first-order chi connectivity index (χ1) is 7.10. The van der Waals surface area contributed by atoms with E-state index in [0.29, 0.717) is 12.5 Å². The van der Waals surface area contributed by atoms with Crippen LogP contribution in [-0.2, 0) is 10.0 Å². The van der Waals surface area contributed by atoms with E-state index in [1.54, 1.807) is 7.05 Å². The van der Waals surface area contributed by atoms with Gasteiger partial charge < -0.3 is 0 Å². The third-order valence-electron chi connectivity index (χ3n) is 2.92. The zero-order valence-electron chi connectivity index (χ0n) is 8.68. The monoisotopic (exact) mass is 229 g/mol. The Morgan fingerprint density at radius 1 is 1.60 bits per heavy atom. The van der Waals surface area contributed by atoms with Crippen molar-refractivity contribution in [3.05, 3.63) is 12.4 Å². The van der Waals surface area contributed by atoms with Crippen LogP contribution < -0.4 is 0 Å². The average Bonchev–Trinajstić information content (AvgIpc) is 2.63. The maximum Gasteiger partial charge on any atom is 0.245 e. The topological polar surface area (TPSA) is 66.1 Å². The summed E-state index contributed by atoms with van der Waals surface area (Å²) < 4.78 is 25.3. The highest BCUT2D eigenvalue weighted by Gasteiger charge is 2.27. The highest BCUT2D eigenvalue weighted by molar-refractivity contribution is 7.89. The first-order valence-electron chi connectivity index (χ1n) is 5.06. The van der Waals surface area contributed by atoms with Gasteiger partial charge in [0.15, 0.2) is 0 Å². The minimum atomic E-state index is -3.33. The van der Waals surface area contributed by atoms with Gasteiger partial charge in [0.25, 0.3) is 0 Å². The van der Waals surface area contributed by atoms with Crippen LogP contribution in [0.25, 0.3) is 0 Å². The largest absolute Gasteiger partial charge is 0.284 e. The molecule has 6 heteroatoms. The third kappa shape index (κ3) is 2.05. The van der Waals surface area contributed by atoms with E-state index >= 15 is 0 Å². The number of rotatable bonds is 4.